The number of hydrogen-bond donors (Lipinski definition) is 0. The van der Waals surface area contributed by atoms with Gasteiger partial charge in [0.05, 0.1) is 11.6 Å². The van der Waals surface area contributed by atoms with Crippen LogP contribution >= 0.6 is 0 Å². The summed E-state index contributed by atoms with van der Waals surface area (Å²) in [6.07, 6.45) is 6.65. The first-order valence-corrected chi connectivity index (χ1v) is 12.0. The van der Waals surface area contributed by atoms with Gasteiger partial charge in [-0.05, 0) is 62.4 Å². The Balaban J connectivity index is 1.43. The van der Waals surface area contributed by atoms with Crippen molar-refractivity contribution in [1.82, 2.24) is 9.88 Å². The van der Waals surface area contributed by atoms with Crippen molar-refractivity contribution in [1.29, 1.82) is 0 Å². The number of carbonyl (C=O) groups is 2. The molecule has 1 aromatic heterocycles. The largest absolute Gasteiger partial charge is 0.364 e. The molecule has 34 heavy (non-hydrogen) atoms. The number of amides is 1. The van der Waals surface area contributed by atoms with Crippen LogP contribution in [-0.2, 0) is 9.53 Å². The Bertz CT molecular complexity index is 1180. The van der Waals surface area contributed by atoms with Crippen LogP contribution in [0.1, 0.15) is 49.9 Å². The molecular formula is C29H32N2O3. The Morgan fingerprint density at radius 1 is 1.15 bits per heavy atom. The van der Waals surface area contributed by atoms with Gasteiger partial charge in [-0.1, -0.05) is 43.3 Å². The van der Waals surface area contributed by atoms with Crippen molar-refractivity contribution < 1.29 is 14.3 Å². The number of rotatable bonds is 11. The standard InChI is InChI=1S/C29H32N2O3/c1-4-17-31(18-14-26(5-2)34-29(15-16-29)21(3)32)28(33)23-12-10-22(11-13-23)25-19-24-8-6-7-9-27(24)30-20-25/h4,6-13,19-20,26H,1,5,14-18H2,2-3H3. The molecule has 0 radical (unpaired) electrons. The second-order valence-electron chi connectivity index (χ2n) is 9.02. The van der Waals surface area contributed by atoms with Gasteiger partial charge in [-0.3, -0.25) is 14.6 Å². The Kier molecular flexibility index (Phi) is 7.23. The molecule has 1 heterocycles. The maximum Gasteiger partial charge on any atom is 0.254 e. The minimum atomic E-state index is -0.582. The normalized spacial score (nSPS) is 15.0. The van der Waals surface area contributed by atoms with Gasteiger partial charge in [0, 0.05) is 35.8 Å². The Morgan fingerprint density at radius 2 is 1.88 bits per heavy atom. The van der Waals surface area contributed by atoms with Gasteiger partial charge < -0.3 is 9.64 Å². The smallest absolute Gasteiger partial charge is 0.254 e. The van der Waals surface area contributed by atoms with Crippen molar-refractivity contribution in [2.24, 2.45) is 0 Å². The SMILES string of the molecule is C=CCN(CCC(CC)OC1(C(C)=O)CC1)C(=O)c1ccc(-c2cnc3ccccc3c2)cc1. The van der Waals surface area contributed by atoms with E-state index >= 15 is 0 Å². The maximum absolute atomic E-state index is 13.2. The lowest BCUT2D eigenvalue weighted by molar-refractivity contribution is -0.136. The fourth-order valence-electron chi connectivity index (χ4n) is 4.28. The molecule has 2 aromatic carbocycles. The minimum absolute atomic E-state index is 0.0364. The predicted octanol–water partition coefficient (Wildman–Crippen LogP) is 5.84. The minimum Gasteiger partial charge on any atom is -0.364 e. The number of ether oxygens (including phenoxy) is 1. The number of ketones is 1. The molecule has 0 bridgehead atoms. The van der Waals surface area contributed by atoms with E-state index in [0.29, 0.717) is 25.1 Å². The van der Waals surface area contributed by atoms with Crippen LogP contribution in [0.5, 0.6) is 0 Å². The van der Waals surface area contributed by atoms with E-state index in [1.165, 1.54) is 0 Å². The van der Waals surface area contributed by atoms with Gasteiger partial charge in [-0.2, -0.15) is 0 Å². The number of pyridine rings is 1. The zero-order valence-electron chi connectivity index (χ0n) is 20.0. The monoisotopic (exact) mass is 456 g/mol. The highest BCUT2D eigenvalue weighted by atomic mass is 16.5. The Morgan fingerprint density at radius 3 is 2.53 bits per heavy atom. The predicted molar refractivity (Wildman–Crippen MR) is 136 cm³/mol. The summed E-state index contributed by atoms with van der Waals surface area (Å²) in [7, 11) is 0. The molecule has 1 aliphatic carbocycles. The highest BCUT2D eigenvalue weighted by molar-refractivity contribution is 5.95. The molecule has 5 heteroatoms. The first kappa shape index (κ1) is 23.8. The quantitative estimate of drug-likeness (QED) is 0.340. The van der Waals surface area contributed by atoms with Crippen LogP contribution in [0.4, 0.5) is 0 Å². The fraction of sp³-hybridized carbons (Fsp3) is 0.345. The van der Waals surface area contributed by atoms with Gasteiger partial charge in [0.1, 0.15) is 5.60 Å². The van der Waals surface area contributed by atoms with Crippen LogP contribution in [-0.4, -0.2) is 46.4 Å². The third-order valence-corrected chi connectivity index (χ3v) is 6.61. The van der Waals surface area contributed by atoms with E-state index in [1.807, 2.05) is 54.7 Å². The molecule has 0 aliphatic heterocycles. The van der Waals surface area contributed by atoms with Crippen LogP contribution in [0, 0.1) is 0 Å². The fourth-order valence-corrected chi connectivity index (χ4v) is 4.28. The van der Waals surface area contributed by atoms with Gasteiger partial charge in [0.2, 0.25) is 0 Å². The molecular weight excluding hydrogens is 424 g/mol. The summed E-state index contributed by atoms with van der Waals surface area (Å²) in [5, 5.41) is 1.09. The van der Waals surface area contributed by atoms with E-state index in [0.717, 1.165) is 41.3 Å². The van der Waals surface area contributed by atoms with Crippen molar-refractivity contribution in [3.63, 3.8) is 0 Å². The lowest BCUT2D eigenvalue weighted by Crippen LogP contribution is -2.36. The third kappa shape index (κ3) is 5.26. The van der Waals surface area contributed by atoms with E-state index in [-0.39, 0.29) is 17.8 Å². The number of benzene rings is 2. The summed E-state index contributed by atoms with van der Waals surface area (Å²) < 4.78 is 6.15. The molecule has 3 aromatic rings. The molecule has 1 atom stereocenters. The average Bonchev–Trinajstić information content (AvgIpc) is 3.66. The van der Waals surface area contributed by atoms with Gasteiger partial charge in [0.25, 0.3) is 5.91 Å². The molecule has 4 rings (SSSR count). The highest BCUT2D eigenvalue weighted by Crippen LogP contribution is 2.42. The zero-order valence-corrected chi connectivity index (χ0v) is 20.0. The van der Waals surface area contributed by atoms with E-state index in [9.17, 15) is 9.59 Å². The molecule has 0 N–H and O–H groups in total. The van der Waals surface area contributed by atoms with Crippen molar-refractivity contribution in [2.75, 3.05) is 13.1 Å². The Labute approximate surface area is 201 Å². The van der Waals surface area contributed by atoms with E-state index < -0.39 is 5.60 Å². The van der Waals surface area contributed by atoms with Crippen molar-refractivity contribution in [2.45, 2.75) is 51.2 Å². The number of nitrogens with zero attached hydrogens (tertiary/aromatic N) is 2. The number of Topliss-reactive ketones (excluding diaryl/α,β-unsaturated/α-hetero) is 1. The van der Waals surface area contributed by atoms with Crippen molar-refractivity contribution in [3.8, 4) is 11.1 Å². The first-order chi connectivity index (χ1) is 16.5. The lowest BCUT2D eigenvalue weighted by atomic mass is 10.0. The van der Waals surface area contributed by atoms with Crippen LogP contribution in [0.3, 0.4) is 0 Å². The molecule has 1 fully saturated rings. The summed E-state index contributed by atoms with van der Waals surface area (Å²) in [6, 6.07) is 17.8. The van der Waals surface area contributed by atoms with Gasteiger partial charge >= 0.3 is 0 Å². The van der Waals surface area contributed by atoms with E-state index in [2.05, 4.69) is 24.6 Å². The summed E-state index contributed by atoms with van der Waals surface area (Å²) >= 11 is 0. The molecule has 1 unspecified atom stereocenters. The van der Waals surface area contributed by atoms with Gasteiger partial charge in [-0.25, -0.2) is 0 Å². The maximum atomic E-state index is 13.2. The number of carbonyl (C=O) groups excluding carboxylic acids is 2. The average molecular weight is 457 g/mol. The summed E-state index contributed by atoms with van der Waals surface area (Å²) in [6.45, 7) is 8.49. The molecule has 176 valence electrons. The molecule has 5 nitrogen and oxygen atoms in total. The summed E-state index contributed by atoms with van der Waals surface area (Å²) in [4.78, 5) is 31.5. The van der Waals surface area contributed by atoms with Crippen molar-refractivity contribution in [3.05, 3.63) is 79.0 Å². The van der Waals surface area contributed by atoms with Gasteiger partial charge in [-0.15, -0.1) is 6.58 Å². The zero-order chi connectivity index (χ0) is 24.1. The van der Waals surface area contributed by atoms with E-state index in [4.69, 9.17) is 4.74 Å². The summed E-state index contributed by atoms with van der Waals surface area (Å²) in [5.74, 6) is 0.0670. The topological polar surface area (TPSA) is 59.5 Å². The van der Waals surface area contributed by atoms with Crippen LogP contribution < -0.4 is 0 Å². The first-order valence-electron chi connectivity index (χ1n) is 12.0. The van der Waals surface area contributed by atoms with Crippen LogP contribution in [0.25, 0.3) is 22.0 Å². The van der Waals surface area contributed by atoms with Gasteiger partial charge in [0.15, 0.2) is 5.78 Å². The van der Waals surface area contributed by atoms with Crippen LogP contribution in [0.2, 0.25) is 0 Å². The molecule has 1 amide bonds. The Hall–Kier alpha value is -3.31. The molecule has 1 aliphatic rings. The lowest BCUT2D eigenvalue weighted by Gasteiger charge is -2.26. The second kappa shape index (κ2) is 10.3. The summed E-state index contributed by atoms with van der Waals surface area (Å²) in [5.41, 5.74) is 3.05. The number of fused-ring (bicyclic) bond motifs is 1. The molecule has 1 saturated carbocycles. The van der Waals surface area contributed by atoms with E-state index in [1.54, 1.807) is 17.9 Å². The molecule has 0 spiro atoms. The molecule has 0 saturated heterocycles. The third-order valence-electron chi connectivity index (χ3n) is 6.61. The van der Waals surface area contributed by atoms with Crippen molar-refractivity contribution >= 4 is 22.6 Å². The van der Waals surface area contributed by atoms with Crippen LogP contribution in [0.15, 0.2) is 73.4 Å². The number of para-hydroxylation sites is 1. The highest BCUT2D eigenvalue weighted by Gasteiger charge is 2.50. The number of aromatic nitrogens is 1. The number of hydrogen-bond acceptors (Lipinski definition) is 4. The second-order valence-corrected chi connectivity index (χ2v) is 9.02.